The number of aromatic nitrogens is 3. The maximum Gasteiger partial charge on any atom is 0.227 e. The summed E-state index contributed by atoms with van der Waals surface area (Å²) in [5.74, 6) is 0.490. The van der Waals surface area contributed by atoms with Gasteiger partial charge in [0.05, 0.1) is 0 Å². The lowest BCUT2D eigenvalue weighted by molar-refractivity contribution is 0.0864. The molecule has 2 aromatic heterocycles. The number of benzene rings is 1. The minimum atomic E-state index is -0.540. The molecule has 1 fully saturated rings. The molecule has 0 radical (unpaired) electrons. The molecule has 7 heteroatoms. The molecule has 1 aliphatic heterocycles. The van der Waals surface area contributed by atoms with E-state index in [1.807, 2.05) is 12.1 Å². The van der Waals surface area contributed by atoms with Crippen molar-refractivity contribution in [2.45, 2.75) is 13.0 Å². The molecule has 5 nitrogen and oxygen atoms in total. The van der Waals surface area contributed by atoms with E-state index in [0.717, 1.165) is 24.7 Å². The van der Waals surface area contributed by atoms with Crippen LogP contribution in [0.15, 0.2) is 47.2 Å². The van der Waals surface area contributed by atoms with Crippen LogP contribution in [0.1, 0.15) is 11.5 Å². The minimum absolute atomic E-state index is 0.407. The first-order valence-electron chi connectivity index (χ1n) is 8.06. The second kappa shape index (κ2) is 6.68. The van der Waals surface area contributed by atoms with Crippen LogP contribution in [0, 0.1) is 17.6 Å². The monoisotopic (exact) mass is 342 g/mol. The smallest absolute Gasteiger partial charge is 0.227 e. The van der Waals surface area contributed by atoms with Gasteiger partial charge < -0.3 is 4.52 Å². The van der Waals surface area contributed by atoms with Crippen molar-refractivity contribution < 1.29 is 13.3 Å². The van der Waals surface area contributed by atoms with Crippen LogP contribution in [-0.4, -0.2) is 33.1 Å². The number of pyridine rings is 1. The molecule has 0 spiro atoms. The quantitative estimate of drug-likeness (QED) is 0.713. The van der Waals surface area contributed by atoms with Gasteiger partial charge in [0.2, 0.25) is 11.7 Å². The molecule has 0 aliphatic carbocycles. The van der Waals surface area contributed by atoms with Crippen molar-refractivity contribution >= 4 is 0 Å². The molecular weight excluding hydrogens is 326 g/mol. The summed E-state index contributed by atoms with van der Waals surface area (Å²) < 4.78 is 31.7. The zero-order valence-electron chi connectivity index (χ0n) is 13.4. The summed E-state index contributed by atoms with van der Waals surface area (Å²) in [7, 11) is 0. The minimum Gasteiger partial charge on any atom is -0.339 e. The van der Waals surface area contributed by atoms with Crippen LogP contribution in [0.25, 0.3) is 11.4 Å². The van der Waals surface area contributed by atoms with E-state index in [1.165, 1.54) is 12.1 Å². The fourth-order valence-electron chi connectivity index (χ4n) is 3.10. The molecule has 4 rings (SSSR count). The SMILES string of the molecule is Fc1cc(F)cc(CN2CC(Cc3nc(-c4ccncc4)no3)C2)c1. The second-order valence-electron chi connectivity index (χ2n) is 6.29. The van der Waals surface area contributed by atoms with Crippen molar-refractivity contribution in [3.63, 3.8) is 0 Å². The summed E-state index contributed by atoms with van der Waals surface area (Å²) in [6, 6.07) is 7.29. The van der Waals surface area contributed by atoms with Crippen molar-refractivity contribution in [1.29, 1.82) is 0 Å². The standard InChI is InChI=1S/C18H16F2N4O/c19-15-5-12(6-16(20)8-15)9-24-10-13(11-24)7-17-22-18(23-25-17)14-1-3-21-4-2-14/h1-6,8,13H,7,9-11H2. The van der Waals surface area contributed by atoms with Gasteiger partial charge in [-0.05, 0) is 35.7 Å². The molecule has 0 N–H and O–H groups in total. The van der Waals surface area contributed by atoms with Crippen LogP contribution in [0.5, 0.6) is 0 Å². The summed E-state index contributed by atoms with van der Waals surface area (Å²) in [5.41, 5.74) is 1.52. The van der Waals surface area contributed by atoms with Crippen LogP contribution in [-0.2, 0) is 13.0 Å². The molecular formula is C18H16F2N4O. The van der Waals surface area contributed by atoms with Crippen LogP contribution in [0.4, 0.5) is 8.78 Å². The maximum absolute atomic E-state index is 13.2. The Kier molecular flexibility index (Phi) is 4.23. The molecule has 3 aromatic rings. The highest BCUT2D eigenvalue weighted by Crippen LogP contribution is 2.23. The van der Waals surface area contributed by atoms with E-state index >= 15 is 0 Å². The van der Waals surface area contributed by atoms with Crippen LogP contribution >= 0.6 is 0 Å². The third kappa shape index (κ3) is 3.71. The Morgan fingerprint density at radius 1 is 1.08 bits per heavy atom. The number of rotatable bonds is 5. The van der Waals surface area contributed by atoms with Crippen molar-refractivity contribution in [1.82, 2.24) is 20.0 Å². The maximum atomic E-state index is 13.2. The highest BCUT2D eigenvalue weighted by Gasteiger charge is 2.28. The van der Waals surface area contributed by atoms with E-state index in [4.69, 9.17) is 4.52 Å². The normalized spacial score (nSPS) is 15.3. The van der Waals surface area contributed by atoms with Gasteiger partial charge in [0.15, 0.2) is 0 Å². The average molecular weight is 342 g/mol. The fraction of sp³-hybridized carbons (Fsp3) is 0.278. The van der Waals surface area contributed by atoms with Crippen molar-refractivity contribution in [3.8, 4) is 11.4 Å². The summed E-state index contributed by atoms with van der Waals surface area (Å²) >= 11 is 0. The number of nitrogens with zero attached hydrogens (tertiary/aromatic N) is 4. The van der Waals surface area contributed by atoms with Crippen LogP contribution in [0.2, 0.25) is 0 Å². The van der Waals surface area contributed by atoms with E-state index in [-0.39, 0.29) is 0 Å². The number of hydrogen-bond donors (Lipinski definition) is 0. The Morgan fingerprint density at radius 2 is 1.80 bits per heavy atom. The Bertz CT molecular complexity index is 842. The van der Waals surface area contributed by atoms with E-state index in [2.05, 4.69) is 20.0 Å². The van der Waals surface area contributed by atoms with Gasteiger partial charge in [-0.1, -0.05) is 5.16 Å². The lowest BCUT2D eigenvalue weighted by Gasteiger charge is -2.38. The highest BCUT2D eigenvalue weighted by molar-refractivity contribution is 5.52. The summed E-state index contributed by atoms with van der Waals surface area (Å²) in [5, 5.41) is 3.99. The highest BCUT2D eigenvalue weighted by atomic mass is 19.1. The van der Waals surface area contributed by atoms with Crippen molar-refractivity contribution in [2.75, 3.05) is 13.1 Å². The molecule has 1 aliphatic rings. The van der Waals surface area contributed by atoms with Crippen LogP contribution in [0.3, 0.4) is 0 Å². The average Bonchev–Trinajstić information content (AvgIpc) is 3.01. The van der Waals surface area contributed by atoms with Crippen molar-refractivity contribution in [2.24, 2.45) is 5.92 Å². The first kappa shape index (κ1) is 15.8. The van der Waals surface area contributed by atoms with Gasteiger partial charge in [-0.25, -0.2) is 8.78 Å². The van der Waals surface area contributed by atoms with Gasteiger partial charge in [0.1, 0.15) is 11.6 Å². The molecule has 1 saturated heterocycles. The molecule has 0 unspecified atom stereocenters. The van der Waals surface area contributed by atoms with E-state index in [9.17, 15) is 8.78 Å². The second-order valence-corrected chi connectivity index (χ2v) is 6.29. The first-order valence-corrected chi connectivity index (χ1v) is 8.06. The lowest BCUT2D eigenvalue weighted by Crippen LogP contribution is -2.46. The Hall–Kier alpha value is -2.67. The Morgan fingerprint density at radius 3 is 2.52 bits per heavy atom. The van der Waals surface area contributed by atoms with Crippen molar-refractivity contribution in [3.05, 3.63) is 65.8 Å². The summed E-state index contributed by atoms with van der Waals surface area (Å²) in [6.07, 6.45) is 4.07. The molecule has 0 bridgehead atoms. The largest absolute Gasteiger partial charge is 0.339 e. The zero-order valence-corrected chi connectivity index (χ0v) is 13.4. The lowest BCUT2D eigenvalue weighted by atomic mass is 9.95. The Balaban J connectivity index is 1.31. The van der Waals surface area contributed by atoms with Gasteiger partial charge in [-0.3, -0.25) is 9.88 Å². The fourth-order valence-corrected chi connectivity index (χ4v) is 3.10. The predicted octanol–water partition coefficient (Wildman–Crippen LogP) is 3.08. The third-order valence-electron chi connectivity index (χ3n) is 4.23. The van der Waals surface area contributed by atoms with E-state index in [1.54, 1.807) is 12.4 Å². The number of halogens is 2. The van der Waals surface area contributed by atoms with Gasteiger partial charge in [0, 0.05) is 50.1 Å². The van der Waals surface area contributed by atoms with E-state index < -0.39 is 11.6 Å². The topological polar surface area (TPSA) is 55.1 Å². The molecule has 0 saturated carbocycles. The zero-order chi connectivity index (χ0) is 17.2. The van der Waals surface area contributed by atoms with Gasteiger partial charge in [-0.2, -0.15) is 4.98 Å². The molecule has 0 amide bonds. The van der Waals surface area contributed by atoms with Crippen LogP contribution < -0.4 is 0 Å². The van der Waals surface area contributed by atoms with E-state index in [0.29, 0.717) is 36.2 Å². The van der Waals surface area contributed by atoms with Gasteiger partial charge in [0.25, 0.3) is 0 Å². The third-order valence-corrected chi connectivity index (χ3v) is 4.23. The van der Waals surface area contributed by atoms with Gasteiger partial charge in [-0.15, -0.1) is 0 Å². The molecule has 0 atom stereocenters. The molecule has 1 aromatic carbocycles. The van der Waals surface area contributed by atoms with Gasteiger partial charge >= 0.3 is 0 Å². The molecule has 3 heterocycles. The molecule has 128 valence electrons. The first-order chi connectivity index (χ1) is 12.2. The number of likely N-dealkylation sites (tertiary alicyclic amines) is 1. The summed E-state index contributed by atoms with van der Waals surface area (Å²) in [6.45, 7) is 2.22. The predicted molar refractivity (Wildman–Crippen MR) is 86.4 cm³/mol. The summed E-state index contributed by atoms with van der Waals surface area (Å²) in [4.78, 5) is 10.5. The molecule has 25 heavy (non-hydrogen) atoms. The number of hydrogen-bond acceptors (Lipinski definition) is 5. The Labute approximate surface area is 143 Å².